The van der Waals surface area contributed by atoms with Crippen molar-refractivity contribution in [1.82, 2.24) is 10.2 Å². The lowest BCUT2D eigenvalue weighted by molar-refractivity contribution is 0.0153. The number of hydrogen-bond donors (Lipinski definition) is 1. The summed E-state index contributed by atoms with van der Waals surface area (Å²) in [5.74, 6) is 0. The van der Waals surface area contributed by atoms with E-state index in [1.54, 1.807) is 0 Å². The number of nitrogens with one attached hydrogen (secondary N) is 1. The number of rotatable bonds is 4. The zero-order chi connectivity index (χ0) is 14.1. The number of piperazine rings is 1. The Balaban J connectivity index is 1.69. The number of hydrogen-bond acceptors (Lipinski definition) is 3. The summed E-state index contributed by atoms with van der Waals surface area (Å²) in [6.07, 6.45) is 8.01. The molecule has 20 heavy (non-hydrogen) atoms. The van der Waals surface area contributed by atoms with Crippen LogP contribution in [-0.2, 0) is 6.42 Å². The first-order valence-corrected chi connectivity index (χ1v) is 9.11. The third-order valence-corrected chi connectivity index (χ3v) is 6.41. The van der Waals surface area contributed by atoms with Crippen LogP contribution < -0.4 is 5.32 Å². The van der Waals surface area contributed by atoms with E-state index in [1.807, 2.05) is 11.3 Å². The normalized spacial score (nSPS) is 30.1. The predicted octanol–water partition coefficient (Wildman–Crippen LogP) is 3.68. The van der Waals surface area contributed by atoms with E-state index in [0.717, 1.165) is 6.54 Å². The molecular formula is C17H28N2S. The third-order valence-electron chi connectivity index (χ3n) is 5.67. The van der Waals surface area contributed by atoms with Crippen molar-refractivity contribution in [3.8, 4) is 0 Å². The molecule has 3 heteroatoms. The fraction of sp³-hybridized carbons (Fsp3) is 0.765. The Morgan fingerprint density at radius 1 is 1.35 bits per heavy atom. The van der Waals surface area contributed by atoms with Crippen molar-refractivity contribution in [3.63, 3.8) is 0 Å². The second-order valence-corrected chi connectivity index (χ2v) is 7.77. The van der Waals surface area contributed by atoms with E-state index in [0.29, 0.717) is 11.1 Å². The zero-order valence-corrected chi connectivity index (χ0v) is 13.8. The maximum Gasteiger partial charge on any atom is 0.0309 e. The highest BCUT2D eigenvalue weighted by Gasteiger charge is 2.44. The van der Waals surface area contributed by atoms with Gasteiger partial charge in [0, 0.05) is 30.7 Å². The minimum absolute atomic E-state index is 0.337. The number of thiophene rings is 1. The van der Waals surface area contributed by atoms with Gasteiger partial charge in [-0.05, 0) is 55.0 Å². The lowest BCUT2D eigenvalue weighted by atomic mass is 9.85. The Labute approximate surface area is 127 Å². The Hall–Kier alpha value is -0.380. The van der Waals surface area contributed by atoms with Gasteiger partial charge in [-0.25, -0.2) is 0 Å². The molecule has 0 radical (unpaired) electrons. The summed E-state index contributed by atoms with van der Waals surface area (Å²) < 4.78 is 0. The first kappa shape index (κ1) is 14.6. The third kappa shape index (κ3) is 2.81. The molecule has 1 aliphatic carbocycles. The summed E-state index contributed by atoms with van der Waals surface area (Å²) >= 11 is 1.82. The molecule has 1 aromatic rings. The highest BCUT2D eigenvalue weighted by atomic mass is 32.1. The zero-order valence-electron chi connectivity index (χ0n) is 13.0. The largest absolute Gasteiger partial charge is 0.308 e. The van der Waals surface area contributed by atoms with E-state index in [-0.39, 0.29) is 0 Å². The topological polar surface area (TPSA) is 15.3 Å². The van der Waals surface area contributed by atoms with Crippen molar-refractivity contribution in [3.05, 3.63) is 22.4 Å². The first-order chi connectivity index (χ1) is 9.66. The fourth-order valence-corrected chi connectivity index (χ4v) is 4.59. The first-order valence-electron chi connectivity index (χ1n) is 8.17. The van der Waals surface area contributed by atoms with Crippen LogP contribution in [0.3, 0.4) is 0 Å². The predicted molar refractivity (Wildman–Crippen MR) is 87.5 cm³/mol. The van der Waals surface area contributed by atoms with Gasteiger partial charge in [0.2, 0.25) is 0 Å². The molecule has 1 atom stereocenters. The van der Waals surface area contributed by atoms with E-state index in [4.69, 9.17) is 0 Å². The van der Waals surface area contributed by atoms with E-state index in [1.165, 1.54) is 57.2 Å². The summed E-state index contributed by atoms with van der Waals surface area (Å²) in [6.45, 7) is 8.40. The van der Waals surface area contributed by atoms with Gasteiger partial charge in [0.05, 0.1) is 0 Å². The highest BCUT2D eigenvalue weighted by molar-refractivity contribution is 7.07. The maximum atomic E-state index is 3.92. The summed E-state index contributed by atoms with van der Waals surface area (Å²) in [5.41, 5.74) is 2.28. The summed E-state index contributed by atoms with van der Waals surface area (Å²) in [4.78, 5) is 2.78. The van der Waals surface area contributed by atoms with Gasteiger partial charge in [0.25, 0.3) is 0 Å². The molecule has 1 saturated carbocycles. The molecule has 0 aromatic carbocycles. The van der Waals surface area contributed by atoms with Crippen LogP contribution in [0.25, 0.3) is 0 Å². The van der Waals surface area contributed by atoms with E-state index in [2.05, 4.69) is 40.9 Å². The molecule has 2 nitrogen and oxygen atoms in total. The van der Waals surface area contributed by atoms with Gasteiger partial charge in [-0.3, -0.25) is 4.90 Å². The van der Waals surface area contributed by atoms with Crippen LogP contribution in [0.2, 0.25) is 0 Å². The highest BCUT2D eigenvalue weighted by Crippen LogP contribution is 2.36. The van der Waals surface area contributed by atoms with Gasteiger partial charge < -0.3 is 5.32 Å². The van der Waals surface area contributed by atoms with Crippen molar-refractivity contribution < 1.29 is 0 Å². The molecule has 2 heterocycles. The van der Waals surface area contributed by atoms with Crippen LogP contribution in [0, 0.1) is 0 Å². The molecule has 0 bridgehead atoms. The molecule has 1 aliphatic heterocycles. The van der Waals surface area contributed by atoms with Crippen LogP contribution in [0.5, 0.6) is 0 Å². The van der Waals surface area contributed by atoms with Gasteiger partial charge in [0.15, 0.2) is 0 Å². The molecule has 2 fully saturated rings. The van der Waals surface area contributed by atoms with Crippen LogP contribution in [0.15, 0.2) is 16.8 Å². The average molecular weight is 292 g/mol. The summed E-state index contributed by atoms with van der Waals surface area (Å²) in [7, 11) is 0. The molecule has 1 N–H and O–H groups in total. The minimum atomic E-state index is 0.337. The van der Waals surface area contributed by atoms with Crippen LogP contribution in [-0.4, -0.2) is 35.6 Å². The molecule has 0 amide bonds. The minimum Gasteiger partial charge on any atom is -0.308 e. The summed E-state index contributed by atoms with van der Waals surface area (Å²) in [5, 5.41) is 8.42. The Bertz CT molecular complexity index is 422. The summed E-state index contributed by atoms with van der Waals surface area (Å²) in [6, 6.07) is 2.28. The van der Waals surface area contributed by atoms with Crippen molar-refractivity contribution in [2.24, 2.45) is 0 Å². The monoisotopic (exact) mass is 292 g/mol. The quantitative estimate of drug-likeness (QED) is 0.911. The molecule has 1 saturated heterocycles. The van der Waals surface area contributed by atoms with Crippen LogP contribution in [0.4, 0.5) is 0 Å². The molecule has 1 spiro atoms. The molecule has 1 unspecified atom stereocenters. The second kappa shape index (κ2) is 5.78. The Morgan fingerprint density at radius 3 is 2.80 bits per heavy atom. The van der Waals surface area contributed by atoms with Gasteiger partial charge in [-0.15, -0.1) is 0 Å². The number of nitrogens with zero attached hydrogens (tertiary/aromatic N) is 1. The average Bonchev–Trinajstić information content (AvgIpc) is 3.12. The van der Waals surface area contributed by atoms with Gasteiger partial charge in [0.1, 0.15) is 0 Å². The molecule has 3 rings (SSSR count). The Morgan fingerprint density at radius 2 is 2.15 bits per heavy atom. The fourth-order valence-electron chi connectivity index (χ4n) is 3.89. The lowest BCUT2D eigenvalue weighted by Crippen LogP contribution is -2.68. The van der Waals surface area contributed by atoms with Crippen molar-refractivity contribution >= 4 is 11.3 Å². The van der Waals surface area contributed by atoms with E-state index in [9.17, 15) is 0 Å². The lowest BCUT2D eigenvalue weighted by Gasteiger charge is -2.52. The van der Waals surface area contributed by atoms with Gasteiger partial charge in [-0.2, -0.15) is 11.3 Å². The van der Waals surface area contributed by atoms with Gasteiger partial charge in [-0.1, -0.05) is 19.8 Å². The van der Waals surface area contributed by atoms with Crippen LogP contribution in [0.1, 0.15) is 51.5 Å². The maximum absolute atomic E-state index is 3.92. The van der Waals surface area contributed by atoms with E-state index >= 15 is 0 Å². The second-order valence-electron chi connectivity index (χ2n) is 6.99. The van der Waals surface area contributed by atoms with E-state index < -0.39 is 0 Å². The van der Waals surface area contributed by atoms with Crippen LogP contribution >= 0.6 is 11.3 Å². The molecular weight excluding hydrogens is 264 g/mol. The van der Waals surface area contributed by atoms with Crippen molar-refractivity contribution in [2.45, 2.75) is 63.5 Å². The molecule has 2 aliphatic rings. The molecule has 1 aromatic heterocycles. The van der Waals surface area contributed by atoms with Crippen molar-refractivity contribution in [2.75, 3.05) is 19.6 Å². The smallest absolute Gasteiger partial charge is 0.0309 e. The van der Waals surface area contributed by atoms with Gasteiger partial charge >= 0.3 is 0 Å². The SMILES string of the molecule is CCC1(C)CNC2(CCCC2)CN1CCc1ccsc1. The molecule has 112 valence electrons. The van der Waals surface area contributed by atoms with Crippen molar-refractivity contribution in [1.29, 1.82) is 0 Å². The standard InChI is InChI=1S/C17H28N2S/c1-3-16(2)13-18-17(8-4-5-9-17)14-19(16)10-6-15-7-11-20-12-15/h7,11-12,18H,3-6,8-10,13-14H2,1-2H3. The Kier molecular flexibility index (Phi) is 4.21.